The second-order valence-electron chi connectivity index (χ2n) is 6.49. The lowest BCUT2D eigenvalue weighted by Gasteiger charge is -2.28. The van der Waals surface area contributed by atoms with Crippen molar-refractivity contribution in [3.05, 3.63) is 82.1 Å². The summed E-state index contributed by atoms with van der Waals surface area (Å²) in [5, 5.41) is 9.67. The first-order valence-electron chi connectivity index (χ1n) is 8.24. The lowest BCUT2D eigenvalue weighted by Crippen LogP contribution is -2.30. The zero-order valence-electron chi connectivity index (χ0n) is 13.8. The molecule has 0 saturated carbocycles. The highest BCUT2D eigenvalue weighted by atomic mass is 16.5. The Morgan fingerprint density at radius 2 is 1.73 bits per heavy atom. The van der Waals surface area contributed by atoms with Crippen LogP contribution < -0.4 is 4.74 Å². The van der Waals surface area contributed by atoms with Crippen LogP contribution in [0, 0.1) is 6.92 Å². The van der Waals surface area contributed by atoms with E-state index in [4.69, 9.17) is 4.74 Å². The molecule has 1 unspecified atom stereocenters. The van der Waals surface area contributed by atoms with Crippen LogP contribution in [0.4, 0.5) is 5.69 Å². The van der Waals surface area contributed by atoms with Gasteiger partial charge in [0.15, 0.2) is 17.7 Å². The average molecular weight is 343 g/mol. The molecule has 26 heavy (non-hydrogen) atoms. The van der Waals surface area contributed by atoms with Gasteiger partial charge in [-0.1, -0.05) is 24.3 Å². The Labute approximate surface area is 149 Å². The Hall–Kier alpha value is -3.47. The zero-order valence-corrected chi connectivity index (χ0v) is 13.8. The van der Waals surface area contributed by atoms with E-state index in [0.717, 1.165) is 0 Å². The van der Waals surface area contributed by atoms with Crippen molar-refractivity contribution in [2.45, 2.75) is 13.0 Å². The highest BCUT2D eigenvalue weighted by Gasteiger charge is 2.37. The van der Waals surface area contributed by atoms with Crippen LogP contribution in [0.5, 0.6) is 5.75 Å². The van der Waals surface area contributed by atoms with Gasteiger partial charge in [0.05, 0.1) is 11.3 Å². The van der Waals surface area contributed by atoms with Crippen LogP contribution in [0.15, 0.2) is 59.3 Å². The molecule has 0 aromatic heterocycles. The smallest absolute Gasteiger partial charge is 0.196 e. The number of nitrogens with zero attached hydrogens (tertiary/aromatic N) is 1. The van der Waals surface area contributed by atoms with Gasteiger partial charge in [-0.25, -0.2) is 4.99 Å². The van der Waals surface area contributed by atoms with Gasteiger partial charge in [0, 0.05) is 22.8 Å². The molecule has 3 aliphatic rings. The van der Waals surface area contributed by atoms with Crippen molar-refractivity contribution in [2.24, 2.45) is 4.99 Å². The maximum absolute atomic E-state index is 13.1. The molecule has 2 aromatic carbocycles. The van der Waals surface area contributed by atoms with Crippen LogP contribution in [0.1, 0.15) is 37.4 Å². The third-order valence-electron chi connectivity index (χ3n) is 4.87. The number of aliphatic hydroxyl groups excluding tert-OH is 1. The van der Waals surface area contributed by atoms with Gasteiger partial charge < -0.3 is 9.84 Å². The van der Waals surface area contributed by atoms with Crippen molar-refractivity contribution < 1.29 is 19.4 Å². The quantitative estimate of drug-likeness (QED) is 0.676. The topological polar surface area (TPSA) is 76.0 Å². The summed E-state index contributed by atoms with van der Waals surface area (Å²) < 4.78 is 5.94. The number of ketones is 2. The summed E-state index contributed by atoms with van der Waals surface area (Å²) in [6, 6.07) is 8.56. The molecule has 0 bridgehead atoms. The molecule has 5 nitrogen and oxygen atoms in total. The normalized spacial score (nSPS) is 19.5. The summed E-state index contributed by atoms with van der Waals surface area (Å²) in [7, 11) is 0. The molecule has 5 rings (SSSR count). The molecule has 126 valence electrons. The van der Waals surface area contributed by atoms with Crippen molar-refractivity contribution in [1.29, 1.82) is 0 Å². The van der Waals surface area contributed by atoms with Crippen LogP contribution in [0.25, 0.3) is 0 Å². The molecule has 2 aliphatic carbocycles. The number of hydrogen-bond acceptors (Lipinski definition) is 5. The lowest BCUT2D eigenvalue weighted by molar-refractivity contribution is 0.0978. The Kier molecular flexibility index (Phi) is 2.86. The number of benzene rings is 2. The zero-order chi connectivity index (χ0) is 18.0. The summed E-state index contributed by atoms with van der Waals surface area (Å²) in [5.41, 5.74) is 3.12. The highest BCUT2D eigenvalue weighted by molar-refractivity contribution is 6.31. The van der Waals surface area contributed by atoms with Crippen LogP contribution in [0.3, 0.4) is 0 Å². The molecule has 1 atom stereocenters. The third-order valence-corrected chi connectivity index (χ3v) is 4.87. The van der Waals surface area contributed by atoms with Gasteiger partial charge in [0.1, 0.15) is 17.2 Å². The Bertz CT molecular complexity index is 1120. The summed E-state index contributed by atoms with van der Waals surface area (Å²) in [6.07, 6.45) is 4.22. The highest BCUT2D eigenvalue weighted by Crippen LogP contribution is 2.44. The summed E-state index contributed by atoms with van der Waals surface area (Å²) >= 11 is 0. The van der Waals surface area contributed by atoms with Crippen LogP contribution in [-0.4, -0.2) is 28.5 Å². The molecular weight excluding hydrogens is 330 g/mol. The summed E-state index contributed by atoms with van der Waals surface area (Å²) in [5.74, 6) is 0.149. The molecule has 5 heteroatoms. The van der Waals surface area contributed by atoms with E-state index in [9.17, 15) is 14.7 Å². The number of carbonyl (C=O) groups excluding carboxylic acids is 2. The average Bonchev–Trinajstić information content (AvgIpc) is 2.64. The lowest BCUT2D eigenvalue weighted by atomic mass is 9.80. The van der Waals surface area contributed by atoms with E-state index < -0.39 is 6.10 Å². The van der Waals surface area contributed by atoms with Crippen molar-refractivity contribution in [1.82, 2.24) is 0 Å². The first-order chi connectivity index (χ1) is 12.5. The van der Waals surface area contributed by atoms with E-state index in [1.165, 1.54) is 6.08 Å². The van der Waals surface area contributed by atoms with Crippen LogP contribution in [0.2, 0.25) is 0 Å². The molecule has 1 heterocycles. The number of fused-ring (bicyclic) bond motifs is 5. The fourth-order valence-corrected chi connectivity index (χ4v) is 3.66. The summed E-state index contributed by atoms with van der Waals surface area (Å²) in [6.45, 7) is 1.79. The van der Waals surface area contributed by atoms with Crippen LogP contribution >= 0.6 is 0 Å². The number of aliphatic imine (C=N–C) groups is 1. The van der Waals surface area contributed by atoms with Crippen molar-refractivity contribution in [3.8, 4) is 5.75 Å². The first-order valence-corrected chi connectivity index (χ1v) is 8.24. The molecule has 0 fully saturated rings. The van der Waals surface area contributed by atoms with E-state index in [0.29, 0.717) is 45.0 Å². The Morgan fingerprint density at radius 3 is 2.46 bits per heavy atom. The van der Waals surface area contributed by atoms with Gasteiger partial charge in [-0.3, -0.25) is 9.59 Å². The predicted octanol–water partition coefficient (Wildman–Crippen LogP) is 3.62. The van der Waals surface area contributed by atoms with Crippen molar-refractivity contribution >= 4 is 23.0 Å². The fraction of sp³-hybridized carbons (Fsp3) is 0.0952. The molecule has 0 radical (unpaired) electrons. The minimum Gasteiger partial charge on any atom is -0.508 e. The van der Waals surface area contributed by atoms with Gasteiger partial charge >= 0.3 is 0 Å². The second kappa shape index (κ2) is 5.02. The number of carbonyl (C=O) groups is 2. The number of hydrogen-bond donors (Lipinski definition) is 1. The standard InChI is InChI=1S/C21H13NO4/c1-10-8-16-19(22-14-7-6-11(23)9-15(14)26-16)18-17(10)20(24)12-4-2-3-5-13(12)21(18)25/h2-9,15,23H,1H3. The number of rotatable bonds is 0. The van der Waals surface area contributed by atoms with E-state index >= 15 is 0 Å². The van der Waals surface area contributed by atoms with Crippen molar-refractivity contribution in [3.63, 3.8) is 0 Å². The van der Waals surface area contributed by atoms with E-state index in [2.05, 4.69) is 4.99 Å². The minimum atomic E-state index is -0.508. The monoisotopic (exact) mass is 343 g/mol. The molecule has 1 aliphatic heterocycles. The second-order valence-corrected chi connectivity index (χ2v) is 6.49. The maximum atomic E-state index is 13.1. The van der Waals surface area contributed by atoms with E-state index in [-0.39, 0.29) is 17.3 Å². The van der Waals surface area contributed by atoms with Gasteiger partial charge in [-0.05, 0) is 30.7 Å². The molecular formula is C21H13NO4. The van der Waals surface area contributed by atoms with Crippen LogP contribution in [-0.2, 0) is 0 Å². The number of allylic oxidation sites excluding steroid dienone is 1. The number of ether oxygens (including phenoxy) is 1. The van der Waals surface area contributed by atoms with Gasteiger partial charge in [0.25, 0.3) is 0 Å². The third kappa shape index (κ3) is 1.88. The SMILES string of the molecule is Cc1cc2c(c3c1C(=O)c1ccccc1C3=O)N=C1C=CC(O)=CC1O2. The fourth-order valence-electron chi connectivity index (χ4n) is 3.66. The number of aryl methyl sites for hydroxylation is 1. The minimum absolute atomic E-state index is 0.104. The molecule has 1 N–H and O–H groups in total. The maximum Gasteiger partial charge on any atom is 0.196 e. The molecule has 0 amide bonds. The largest absolute Gasteiger partial charge is 0.508 e. The van der Waals surface area contributed by atoms with Crippen molar-refractivity contribution in [2.75, 3.05) is 0 Å². The molecule has 2 aromatic rings. The summed E-state index contributed by atoms with van der Waals surface area (Å²) in [4.78, 5) is 30.7. The Morgan fingerprint density at radius 1 is 1.04 bits per heavy atom. The van der Waals surface area contributed by atoms with E-state index in [1.807, 2.05) is 0 Å². The Balaban J connectivity index is 1.79. The van der Waals surface area contributed by atoms with Gasteiger partial charge in [0.2, 0.25) is 0 Å². The first kappa shape index (κ1) is 14.8. The van der Waals surface area contributed by atoms with Gasteiger partial charge in [-0.2, -0.15) is 0 Å². The van der Waals surface area contributed by atoms with E-state index in [1.54, 1.807) is 49.4 Å². The molecule has 0 saturated heterocycles. The van der Waals surface area contributed by atoms with Gasteiger partial charge in [-0.15, -0.1) is 0 Å². The predicted molar refractivity (Wildman–Crippen MR) is 95.8 cm³/mol. The number of aliphatic hydroxyl groups is 1. The molecule has 0 spiro atoms.